The van der Waals surface area contributed by atoms with Crippen molar-refractivity contribution < 1.29 is 4.39 Å². The largest absolute Gasteiger partial charge is 0.316 e. The Hall–Kier alpha value is -0.600. The van der Waals surface area contributed by atoms with Crippen LogP contribution in [-0.4, -0.2) is 13.1 Å². The van der Waals surface area contributed by atoms with Crippen LogP contribution in [0.3, 0.4) is 0 Å². The molecule has 1 aromatic rings. The van der Waals surface area contributed by atoms with Crippen molar-refractivity contribution in [2.75, 3.05) is 13.1 Å². The first-order chi connectivity index (χ1) is 7.68. The molecule has 16 heavy (non-hydrogen) atoms. The Labute approximate surface area is 101 Å². The molecule has 1 aliphatic heterocycles. The van der Waals surface area contributed by atoms with Gasteiger partial charge in [0.2, 0.25) is 0 Å². The minimum Gasteiger partial charge on any atom is -0.316 e. The quantitative estimate of drug-likeness (QED) is 0.838. The van der Waals surface area contributed by atoms with E-state index in [4.69, 9.17) is 11.6 Å². The van der Waals surface area contributed by atoms with E-state index < -0.39 is 0 Å². The highest BCUT2D eigenvalue weighted by molar-refractivity contribution is 6.31. The Bertz CT molecular complexity index is 372. The molecular formula is C13H17ClFN. The fraction of sp³-hybridized carbons (Fsp3) is 0.538. The molecule has 1 fully saturated rings. The van der Waals surface area contributed by atoms with Crippen LogP contribution >= 0.6 is 11.6 Å². The van der Waals surface area contributed by atoms with Crippen molar-refractivity contribution in [3.63, 3.8) is 0 Å². The first-order valence-corrected chi connectivity index (χ1v) is 6.20. The molecule has 1 N–H and O–H groups in total. The van der Waals surface area contributed by atoms with E-state index in [0.717, 1.165) is 25.9 Å². The number of nitrogens with one attached hydrogen (secondary N) is 1. The summed E-state index contributed by atoms with van der Waals surface area (Å²) in [6.07, 6.45) is 3.09. The summed E-state index contributed by atoms with van der Waals surface area (Å²) in [6, 6.07) is 3.53. The maximum Gasteiger partial charge on any atom is 0.130 e. The summed E-state index contributed by atoms with van der Waals surface area (Å²) in [5.41, 5.74) is 1.37. The van der Waals surface area contributed by atoms with Crippen molar-refractivity contribution in [2.24, 2.45) is 5.92 Å². The second-order valence-electron chi connectivity index (χ2n) is 4.57. The van der Waals surface area contributed by atoms with Crippen molar-refractivity contribution in [2.45, 2.75) is 26.2 Å². The van der Waals surface area contributed by atoms with Crippen LogP contribution in [0.4, 0.5) is 4.39 Å². The van der Waals surface area contributed by atoms with Gasteiger partial charge in [0.15, 0.2) is 0 Å². The first-order valence-electron chi connectivity index (χ1n) is 5.82. The first kappa shape index (κ1) is 11.9. The van der Waals surface area contributed by atoms with E-state index in [1.807, 2.05) is 0 Å². The van der Waals surface area contributed by atoms with Gasteiger partial charge in [0.05, 0.1) is 0 Å². The Morgan fingerprint density at radius 1 is 1.50 bits per heavy atom. The lowest BCUT2D eigenvalue weighted by Gasteiger charge is -2.23. The molecule has 1 unspecified atom stereocenters. The van der Waals surface area contributed by atoms with E-state index in [2.05, 4.69) is 5.32 Å². The molecule has 0 bridgehead atoms. The van der Waals surface area contributed by atoms with Crippen molar-refractivity contribution in [1.82, 2.24) is 5.32 Å². The van der Waals surface area contributed by atoms with Crippen LogP contribution in [-0.2, 0) is 6.42 Å². The molecule has 1 saturated heterocycles. The molecule has 1 nitrogen and oxygen atoms in total. The molecule has 0 amide bonds. The summed E-state index contributed by atoms with van der Waals surface area (Å²) in [7, 11) is 0. The van der Waals surface area contributed by atoms with E-state index >= 15 is 0 Å². The Balaban J connectivity index is 2.16. The average Bonchev–Trinajstić information content (AvgIpc) is 2.31. The molecule has 2 rings (SSSR count). The lowest BCUT2D eigenvalue weighted by Crippen LogP contribution is -2.31. The van der Waals surface area contributed by atoms with Crippen molar-refractivity contribution in [3.8, 4) is 0 Å². The van der Waals surface area contributed by atoms with E-state index in [0.29, 0.717) is 22.1 Å². The van der Waals surface area contributed by atoms with Gasteiger partial charge in [-0.05, 0) is 56.8 Å². The predicted molar refractivity (Wildman–Crippen MR) is 65.4 cm³/mol. The standard InChI is InChI=1S/C13H17ClFN/c1-9-4-5-12(14)11(13(9)15)7-10-3-2-6-16-8-10/h4-5,10,16H,2-3,6-8H2,1H3. The molecule has 0 spiro atoms. The lowest BCUT2D eigenvalue weighted by atomic mass is 9.91. The molecule has 0 aromatic heterocycles. The van der Waals surface area contributed by atoms with Crippen molar-refractivity contribution in [3.05, 3.63) is 34.1 Å². The van der Waals surface area contributed by atoms with Crippen molar-refractivity contribution >= 4 is 11.6 Å². The minimum absolute atomic E-state index is 0.127. The third kappa shape index (κ3) is 2.55. The second kappa shape index (κ2) is 5.15. The zero-order chi connectivity index (χ0) is 11.5. The number of aryl methyl sites for hydroxylation is 1. The highest BCUT2D eigenvalue weighted by Crippen LogP contribution is 2.26. The molecule has 0 radical (unpaired) electrons. The highest BCUT2D eigenvalue weighted by atomic mass is 35.5. The molecular weight excluding hydrogens is 225 g/mol. The monoisotopic (exact) mass is 241 g/mol. The maximum absolute atomic E-state index is 13.9. The second-order valence-corrected chi connectivity index (χ2v) is 4.98. The summed E-state index contributed by atoms with van der Waals surface area (Å²) in [6.45, 7) is 3.85. The van der Waals surface area contributed by atoms with Gasteiger partial charge in [0.1, 0.15) is 5.82 Å². The highest BCUT2D eigenvalue weighted by Gasteiger charge is 2.18. The van der Waals surface area contributed by atoms with Gasteiger partial charge < -0.3 is 5.32 Å². The summed E-state index contributed by atoms with van der Waals surface area (Å²) in [4.78, 5) is 0. The maximum atomic E-state index is 13.9. The predicted octanol–water partition coefficient (Wildman–Crippen LogP) is 3.33. The van der Waals surface area contributed by atoms with Crippen LogP contribution < -0.4 is 5.32 Å². The van der Waals surface area contributed by atoms with E-state index in [9.17, 15) is 4.39 Å². The van der Waals surface area contributed by atoms with Crippen LogP contribution in [0.5, 0.6) is 0 Å². The topological polar surface area (TPSA) is 12.0 Å². The van der Waals surface area contributed by atoms with Gasteiger partial charge in [-0.15, -0.1) is 0 Å². The number of hydrogen-bond donors (Lipinski definition) is 1. The fourth-order valence-electron chi connectivity index (χ4n) is 2.29. The number of rotatable bonds is 2. The van der Waals surface area contributed by atoms with Gasteiger partial charge in [-0.2, -0.15) is 0 Å². The molecule has 3 heteroatoms. The summed E-state index contributed by atoms with van der Waals surface area (Å²) in [5, 5.41) is 3.91. The Kier molecular flexibility index (Phi) is 3.82. The Morgan fingerprint density at radius 2 is 2.31 bits per heavy atom. The van der Waals surface area contributed by atoms with Crippen LogP contribution in [0.1, 0.15) is 24.0 Å². The van der Waals surface area contributed by atoms with E-state index in [-0.39, 0.29) is 5.82 Å². The lowest BCUT2D eigenvalue weighted by molar-refractivity contribution is 0.372. The number of piperidine rings is 1. The minimum atomic E-state index is -0.127. The van der Waals surface area contributed by atoms with Gasteiger partial charge in [0.25, 0.3) is 0 Å². The Morgan fingerprint density at radius 3 is 3.00 bits per heavy atom. The summed E-state index contributed by atoms with van der Waals surface area (Å²) >= 11 is 6.06. The SMILES string of the molecule is Cc1ccc(Cl)c(CC2CCCNC2)c1F. The van der Waals surface area contributed by atoms with Crippen LogP contribution in [0, 0.1) is 18.7 Å². The van der Waals surface area contributed by atoms with E-state index in [1.165, 1.54) is 6.42 Å². The van der Waals surface area contributed by atoms with Gasteiger partial charge in [-0.25, -0.2) is 4.39 Å². The molecule has 88 valence electrons. The molecule has 1 atom stereocenters. The molecule has 1 heterocycles. The smallest absolute Gasteiger partial charge is 0.130 e. The van der Waals surface area contributed by atoms with Crippen LogP contribution in [0.2, 0.25) is 5.02 Å². The molecule has 1 aromatic carbocycles. The van der Waals surface area contributed by atoms with Gasteiger partial charge >= 0.3 is 0 Å². The number of hydrogen-bond acceptors (Lipinski definition) is 1. The summed E-state index contributed by atoms with van der Waals surface area (Å²) < 4.78 is 13.9. The molecule has 0 aliphatic carbocycles. The molecule has 0 saturated carbocycles. The van der Waals surface area contributed by atoms with Gasteiger partial charge in [0, 0.05) is 10.6 Å². The van der Waals surface area contributed by atoms with Crippen LogP contribution in [0.25, 0.3) is 0 Å². The van der Waals surface area contributed by atoms with Crippen molar-refractivity contribution in [1.29, 1.82) is 0 Å². The zero-order valence-corrected chi connectivity index (χ0v) is 10.3. The zero-order valence-electron chi connectivity index (χ0n) is 9.52. The van der Waals surface area contributed by atoms with Gasteiger partial charge in [-0.1, -0.05) is 17.7 Å². The number of halogens is 2. The normalized spacial score (nSPS) is 21.1. The third-order valence-corrected chi connectivity index (χ3v) is 3.62. The van der Waals surface area contributed by atoms with E-state index in [1.54, 1.807) is 19.1 Å². The average molecular weight is 242 g/mol. The number of benzene rings is 1. The van der Waals surface area contributed by atoms with Crippen LogP contribution in [0.15, 0.2) is 12.1 Å². The summed E-state index contributed by atoms with van der Waals surface area (Å²) in [5.74, 6) is 0.389. The third-order valence-electron chi connectivity index (χ3n) is 3.27. The van der Waals surface area contributed by atoms with Gasteiger partial charge in [-0.3, -0.25) is 0 Å². The fourth-order valence-corrected chi connectivity index (χ4v) is 2.51. The molecule has 1 aliphatic rings.